The molecule has 1 N–H and O–H groups in total. The number of hydrogen-bond donors (Lipinski definition) is 1. The number of aromatic nitrogens is 1. The molecule has 96 valence electrons. The monoisotopic (exact) mass is 238 g/mol. The van der Waals surface area contributed by atoms with E-state index in [0.717, 1.165) is 25.3 Å². The lowest BCUT2D eigenvalue weighted by atomic mass is 10.0. The zero-order valence-electron chi connectivity index (χ0n) is 10.5. The van der Waals surface area contributed by atoms with Crippen LogP contribution in [0.2, 0.25) is 0 Å². The molecule has 2 rings (SSSR count). The quantitative estimate of drug-likeness (QED) is 0.873. The molecule has 2 heterocycles. The number of nitrogens with zero attached hydrogens (tertiary/aromatic N) is 2. The number of likely N-dealkylation sites (tertiary alicyclic amines) is 1. The van der Waals surface area contributed by atoms with Gasteiger partial charge < -0.3 is 9.63 Å². The molecule has 0 aromatic carbocycles. The molecule has 2 unspecified atom stereocenters. The van der Waals surface area contributed by atoms with Crippen molar-refractivity contribution in [2.45, 2.75) is 57.7 Å². The fraction of sp³-hybridized carbons (Fsp3) is 0.769. The second-order valence-electron chi connectivity index (χ2n) is 5.04. The maximum Gasteiger partial charge on any atom is 0.150 e. The molecule has 17 heavy (non-hydrogen) atoms. The van der Waals surface area contributed by atoms with Crippen molar-refractivity contribution in [2.75, 3.05) is 6.54 Å². The van der Waals surface area contributed by atoms with Crippen molar-refractivity contribution >= 4 is 0 Å². The topological polar surface area (TPSA) is 49.5 Å². The molecular weight excluding hydrogens is 216 g/mol. The van der Waals surface area contributed by atoms with Crippen molar-refractivity contribution in [3.63, 3.8) is 0 Å². The molecule has 4 nitrogen and oxygen atoms in total. The molecule has 1 aliphatic heterocycles. The number of rotatable bonds is 4. The molecular formula is C13H22N2O2. The van der Waals surface area contributed by atoms with E-state index in [4.69, 9.17) is 4.52 Å². The van der Waals surface area contributed by atoms with Gasteiger partial charge in [0.15, 0.2) is 5.76 Å². The predicted molar refractivity (Wildman–Crippen MR) is 65.5 cm³/mol. The summed E-state index contributed by atoms with van der Waals surface area (Å²) in [5.74, 6) is 0.919. The smallest absolute Gasteiger partial charge is 0.150 e. The number of aliphatic hydroxyl groups is 1. The lowest BCUT2D eigenvalue weighted by molar-refractivity contribution is 0.102. The zero-order valence-corrected chi connectivity index (χ0v) is 10.5. The molecule has 0 bridgehead atoms. The van der Waals surface area contributed by atoms with Gasteiger partial charge in [-0.3, -0.25) is 4.90 Å². The van der Waals surface area contributed by atoms with Gasteiger partial charge in [0, 0.05) is 12.1 Å². The summed E-state index contributed by atoms with van der Waals surface area (Å²) in [6, 6.07) is 2.40. The highest BCUT2D eigenvalue weighted by atomic mass is 16.5. The molecule has 4 heteroatoms. The minimum Gasteiger partial charge on any atom is -0.393 e. The molecule has 0 aliphatic carbocycles. The average Bonchev–Trinajstić information content (AvgIpc) is 2.69. The first-order valence-electron chi connectivity index (χ1n) is 6.57. The summed E-state index contributed by atoms with van der Waals surface area (Å²) in [5.41, 5.74) is 0. The summed E-state index contributed by atoms with van der Waals surface area (Å²) in [5, 5.41) is 13.3. The van der Waals surface area contributed by atoms with Gasteiger partial charge >= 0.3 is 0 Å². The maximum atomic E-state index is 9.58. The largest absolute Gasteiger partial charge is 0.393 e. The van der Waals surface area contributed by atoms with Gasteiger partial charge in [-0.25, -0.2) is 0 Å². The fourth-order valence-corrected chi connectivity index (χ4v) is 2.63. The van der Waals surface area contributed by atoms with Crippen LogP contribution in [0.25, 0.3) is 0 Å². The highest BCUT2D eigenvalue weighted by Gasteiger charge is 2.23. The van der Waals surface area contributed by atoms with E-state index >= 15 is 0 Å². The Kier molecular flexibility index (Phi) is 4.57. The summed E-state index contributed by atoms with van der Waals surface area (Å²) >= 11 is 0. The maximum absolute atomic E-state index is 9.58. The van der Waals surface area contributed by atoms with Gasteiger partial charge in [-0.15, -0.1) is 0 Å². The first-order chi connectivity index (χ1) is 8.25. The van der Waals surface area contributed by atoms with Gasteiger partial charge in [0.2, 0.25) is 0 Å². The van der Waals surface area contributed by atoms with E-state index in [2.05, 4.69) is 10.1 Å². The van der Waals surface area contributed by atoms with Crippen LogP contribution in [0.5, 0.6) is 0 Å². The summed E-state index contributed by atoms with van der Waals surface area (Å²) in [4.78, 5) is 2.43. The molecule has 1 aromatic rings. The third kappa shape index (κ3) is 3.82. The Balaban J connectivity index is 1.98. The van der Waals surface area contributed by atoms with Crippen LogP contribution in [0.1, 0.15) is 44.8 Å². The minimum absolute atomic E-state index is 0.227. The van der Waals surface area contributed by atoms with Gasteiger partial charge in [-0.05, 0) is 32.7 Å². The first-order valence-corrected chi connectivity index (χ1v) is 6.57. The van der Waals surface area contributed by atoms with Crippen molar-refractivity contribution < 1.29 is 9.63 Å². The Hall–Kier alpha value is -0.870. The lowest BCUT2D eigenvalue weighted by Crippen LogP contribution is -2.36. The second-order valence-corrected chi connectivity index (χ2v) is 5.04. The first kappa shape index (κ1) is 12.6. The average molecular weight is 238 g/mol. The zero-order chi connectivity index (χ0) is 12.1. The number of aliphatic hydroxyl groups excluding tert-OH is 1. The molecule has 1 aliphatic rings. The van der Waals surface area contributed by atoms with Crippen molar-refractivity contribution in [2.24, 2.45) is 0 Å². The van der Waals surface area contributed by atoms with Crippen molar-refractivity contribution in [1.82, 2.24) is 10.1 Å². The molecule has 2 atom stereocenters. The summed E-state index contributed by atoms with van der Waals surface area (Å²) in [6.07, 6.45) is 7.30. The highest BCUT2D eigenvalue weighted by molar-refractivity contribution is 4.94. The van der Waals surface area contributed by atoms with Crippen molar-refractivity contribution in [1.29, 1.82) is 0 Å². The Morgan fingerprint density at radius 2 is 2.41 bits per heavy atom. The SMILES string of the molecule is CC(O)CC1CCCCCN1Cc1ccno1. The third-order valence-corrected chi connectivity index (χ3v) is 3.46. The van der Waals surface area contributed by atoms with Crippen LogP contribution >= 0.6 is 0 Å². The van der Waals surface area contributed by atoms with Crippen LogP contribution < -0.4 is 0 Å². The molecule has 1 saturated heterocycles. The van der Waals surface area contributed by atoms with E-state index < -0.39 is 0 Å². The Morgan fingerprint density at radius 3 is 3.12 bits per heavy atom. The highest BCUT2D eigenvalue weighted by Crippen LogP contribution is 2.22. The molecule has 0 saturated carbocycles. The fourth-order valence-electron chi connectivity index (χ4n) is 2.63. The Labute approximate surface area is 103 Å². The number of hydrogen-bond acceptors (Lipinski definition) is 4. The van der Waals surface area contributed by atoms with E-state index in [1.807, 2.05) is 13.0 Å². The molecule has 1 fully saturated rings. The Morgan fingerprint density at radius 1 is 1.53 bits per heavy atom. The van der Waals surface area contributed by atoms with Crippen LogP contribution in [0.4, 0.5) is 0 Å². The molecule has 0 amide bonds. The van der Waals surface area contributed by atoms with E-state index in [1.54, 1.807) is 6.20 Å². The summed E-state index contributed by atoms with van der Waals surface area (Å²) in [6.45, 7) is 3.78. The van der Waals surface area contributed by atoms with Crippen LogP contribution in [-0.2, 0) is 6.54 Å². The van der Waals surface area contributed by atoms with Gasteiger partial charge in [0.05, 0.1) is 18.8 Å². The van der Waals surface area contributed by atoms with Crippen LogP contribution in [0.3, 0.4) is 0 Å². The van der Waals surface area contributed by atoms with Gasteiger partial charge in [0.1, 0.15) is 0 Å². The third-order valence-electron chi connectivity index (χ3n) is 3.46. The van der Waals surface area contributed by atoms with Crippen molar-refractivity contribution in [3.05, 3.63) is 18.0 Å². The summed E-state index contributed by atoms with van der Waals surface area (Å²) < 4.78 is 5.18. The normalized spacial score (nSPS) is 24.5. The standard InChI is InChI=1S/C13H22N2O2/c1-11(16)9-12-5-3-2-4-8-15(12)10-13-6-7-14-17-13/h6-7,11-12,16H,2-5,8-10H2,1H3. The molecule has 0 radical (unpaired) electrons. The Bertz CT molecular complexity index is 311. The van der Waals surface area contributed by atoms with Gasteiger partial charge in [0.25, 0.3) is 0 Å². The van der Waals surface area contributed by atoms with E-state index in [9.17, 15) is 5.11 Å². The van der Waals surface area contributed by atoms with Crippen LogP contribution in [0.15, 0.2) is 16.8 Å². The van der Waals surface area contributed by atoms with Crippen LogP contribution in [-0.4, -0.2) is 33.9 Å². The van der Waals surface area contributed by atoms with Gasteiger partial charge in [-0.2, -0.15) is 0 Å². The summed E-state index contributed by atoms with van der Waals surface area (Å²) in [7, 11) is 0. The van der Waals surface area contributed by atoms with Crippen LogP contribution in [0, 0.1) is 0 Å². The van der Waals surface area contributed by atoms with Crippen molar-refractivity contribution in [3.8, 4) is 0 Å². The second kappa shape index (κ2) is 6.17. The predicted octanol–water partition coefficient (Wildman–Crippen LogP) is 2.19. The van der Waals surface area contributed by atoms with E-state index in [0.29, 0.717) is 6.04 Å². The molecule has 0 spiro atoms. The lowest BCUT2D eigenvalue weighted by Gasteiger charge is -2.29. The van der Waals surface area contributed by atoms with Gasteiger partial charge in [-0.1, -0.05) is 18.0 Å². The molecule has 1 aromatic heterocycles. The van der Waals surface area contributed by atoms with E-state index in [1.165, 1.54) is 25.7 Å². The minimum atomic E-state index is -0.227. The van der Waals surface area contributed by atoms with E-state index in [-0.39, 0.29) is 6.10 Å².